The van der Waals surface area contributed by atoms with Crippen LogP contribution in [-0.4, -0.2) is 15.5 Å². The highest BCUT2D eigenvalue weighted by atomic mass is 79.9. The molecule has 2 aromatic carbocycles. The summed E-state index contributed by atoms with van der Waals surface area (Å²) in [6.45, 7) is 0. The van der Waals surface area contributed by atoms with Crippen LogP contribution < -0.4 is 5.32 Å². The first-order valence-corrected chi connectivity index (χ1v) is 7.68. The SMILES string of the molecule is Cn1c(-c2ccc(Br)cc2)cnc1NC(=O)c1ccc(F)cc1. The van der Waals surface area contributed by atoms with E-state index in [9.17, 15) is 9.18 Å². The van der Waals surface area contributed by atoms with Gasteiger partial charge >= 0.3 is 0 Å². The van der Waals surface area contributed by atoms with E-state index in [1.807, 2.05) is 31.3 Å². The molecule has 23 heavy (non-hydrogen) atoms. The molecule has 3 rings (SSSR count). The topological polar surface area (TPSA) is 46.9 Å². The number of benzene rings is 2. The lowest BCUT2D eigenvalue weighted by atomic mass is 10.2. The average molecular weight is 374 g/mol. The summed E-state index contributed by atoms with van der Waals surface area (Å²) in [6.07, 6.45) is 1.70. The Morgan fingerprint density at radius 3 is 2.43 bits per heavy atom. The molecule has 1 heterocycles. The molecule has 0 spiro atoms. The molecule has 0 atom stereocenters. The minimum atomic E-state index is -0.379. The Labute approximate surface area is 141 Å². The van der Waals surface area contributed by atoms with Crippen LogP contribution in [0.1, 0.15) is 10.4 Å². The van der Waals surface area contributed by atoms with E-state index < -0.39 is 0 Å². The normalized spacial score (nSPS) is 10.6. The van der Waals surface area contributed by atoms with Crippen LogP contribution in [0.25, 0.3) is 11.3 Å². The zero-order chi connectivity index (χ0) is 16.4. The summed E-state index contributed by atoms with van der Waals surface area (Å²) in [5, 5.41) is 2.73. The number of aromatic nitrogens is 2. The molecule has 6 heteroatoms. The molecule has 0 unspecified atom stereocenters. The number of hydrogen-bond acceptors (Lipinski definition) is 2. The zero-order valence-electron chi connectivity index (χ0n) is 12.3. The highest BCUT2D eigenvalue weighted by Crippen LogP contribution is 2.24. The van der Waals surface area contributed by atoms with Gasteiger partial charge in [0.1, 0.15) is 5.82 Å². The van der Waals surface area contributed by atoms with Gasteiger partial charge in [-0.3, -0.25) is 10.1 Å². The van der Waals surface area contributed by atoms with Crippen molar-refractivity contribution in [1.82, 2.24) is 9.55 Å². The van der Waals surface area contributed by atoms with Crippen molar-refractivity contribution in [3.63, 3.8) is 0 Å². The second-order valence-corrected chi connectivity index (χ2v) is 5.91. The maximum absolute atomic E-state index is 12.9. The van der Waals surface area contributed by atoms with Gasteiger partial charge in [0.05, 0.1) is 11.9 Å². The van der Waals surface area contributed by atoms with Crippen molar-refractivity contribution in [2.75, 3.05) is 5.32 Å². The molecule has 4 nitrogen and oxygen atoms in total. The molecule has 1 N–H and O–H groups in total. The maximum atomic E-state index is 12.9. The molecule has 0 aliphatic carbocycles. The number of nitrogens with one attached hydrogen (secondary N) is 1. The third kappa shape index (κ3) is 3.32. The van der Waals surface area contributed by atoms with Gasteiger partial charge in [-0.1, -0.05) is 28.1 Å². The number of halogens is 2. The third-order valence-corrected chi connectivity index (χ3v) is 3.99. The average Bonchev–Trinajstić information content (AvgIpc) is 2.90. The van der Waals surface area contributed by atoms with Gasteiger partial charge in [0, 0.05) is 17.1 Å². The first kappa shape index (κ1) is 15.4. The molecule has 0 bridgehead atoms. The Kier molecular flexibility index (Phi) is 4.25. The van der Waals surface area contributed by atoms with Crippen molar-refractivity contribution < 1.29 is 9.18 Å². The summed E-state index contributed by atoms with van der Waals surface area (Å²) in [5.74, 6) is -0.283. The molecule has 116 valence electrons. The van der Waals surface area contributed by atoms with Gasteiger partial charge < -0.3 is 4.57 Å². The number of nitrogens with zero attached hydrogens (tertiary/aromatic N) is 2. The lowest BCUT2D eigenvalue weighted by Crippen LogP contribution is -2.15. The predicted molar refractivity (Wildman–Crippen MR) is 90.7 cm³/mol. The smallest absolute Gasteiger partial charge is 0.257 e. The van der Waals surface area contributed by atoms with E-state index in [1.54, 1.807) is 10.8 Å². The molecule has 0 aliphatic rings. The molecule has 0 fully saturated rings. The minimum absolute atomic E-state index is 0.332. The largest absolute Gasteiger partial charge is 0.313 e. The van der Waals surface area contributed by atoms with E-state index in [1.165, 1.54) is 24.3 Å². The summed E-state index contributed by atoms with van der Waals surface area (Å²) in [7, 11) is 1.82. The second kappa shape index (κ2) is 6.34. The van der Waals surface area contributed by atoms with Crippen LogP contribution in [0, 0.1) is 5.82 Å². The molecule has 0 saturated carbocycles. The number of anilines is 1. The van der Waals surface area contributed by atoms with E-state index in [2.05, 4.69) is 26.2 Å². The monoisotopic (exact) mass is 373 g/mol. The van der Waals surface area contributed by atoms with Gasteiger partial charge in [-0.25, -0.2) is 9.37 Å². The zero-order valence-corrected chi connectivity index (χ0v) is 13.8. The number of carbonyl (C=O) groups excluding carboxylic acids is 1. The number of carbonyl (C=O) groups is 1. The van der Waals surface area contributed by atoms with Crippen molar-refractivity contribution in [2.45, 2.75) is 0 Å². The standard InChI is InChI=1S/C17H13BrFN3O/c1-22-15(11-2-6-13(18)7-3-11)10-20-17(22)21-16(23)12-4-8-14(19)9-5-12/h2-10H,1H3,(H,20,21,23). The third-order valence-electron chi connectivity index (χ3n) is 3.46. The number of amides is 1. The summed E-state index contributed by atoms with van der Waals surface area (Å²) >= 11 is 3.40. The highest BCUT2D eigenvalue weighted by Gasteiger charge is 2.12. The Balaban J connectivity index is 1.83. The molecule has 0 radical (unpaired) electrons. The lowest BCUT2D eigenvalue weighted by molar-refractivity contribution is 0.102. The van der Waals surface area contributed by atoms with Crippen molar-refractivity contribution >= 4 is 27.8 Å². The van der Waals surface area contributed by atoms with Gasteiger partial charge in [0.2, 0.25) is 5.95 Å². The van der Waals surface area contributed by atoms with Crippen LogP contribution in [0.2, 0.25) is 0 Å². The summed E-state index contributed by atoms with van der Waals surface area (Å²) in [4.78, 5) is 16.4. The molecule has 1 aromatic heterocycles. The maximum Gasteiger partial charge on any atom is 0.257 e. The molecule has 0 saturated heterocycles. The number of rotatable bonds is 3. The summed E-state index contributed by atoms with van der Waals surface area (Å²) in [5.41, 5.74) is 2.25. The fourth-order valence-corrected chi connectivity index (χ4v) is 2.45. The molecule has 3 aromatic rings. The highest BCUT2D eigenvalue weighted by molar-refractivity contribution is 9.10. The molecular formula is C17H13BrFN3O. The summed E-state index contributed by atoms with van der Waals surface area (Å²) in [6, 6.07) is 13.2. The molecular weight excluding hydrogens is 361 g/mol. The summed E-state index contributed by atoms with van der Waals surface area (Å²) < 4.78 is 15.7. The minimum Gasteiger partial charge on any atom is -0.313 e. The second-order valence-electron chi connectivity index (χ2n) is 4.99. The lowest BCUT2D eigenvalue weighted by Gasteiger charge is -2.08. The fraction of sp³-hybridized carbons (Fsp3) is 0.0588. The van der Waals surface area contributed by atoms with Gasteiger partial charge in [0.15, 0.2) is 0 Å². The van der Waals surface area contributed by atoms with Gasteiger partial charge in [-0.2, -0.15) is 0 Å². The van der Waals surface area contributed by atoms with Crippen LogP contribution in [-0.2, 0) is 7.05 Å². The van der Waals surface area contributed by atoms with Crippen LogP contribution in [0.15, 0.2) is 59.2 Å². The number of hydrogen-bond donors (Lipinski definition) is 1. The Bertz CT molecular complexity index is 841. The van der Waals surface area contributed by atoms with Crippen molar-refractivity contribution in [2.24, 2.45) is 7.05 Å². The van der Waals surface area contributed by atoms with Crippen molar-refractivity contribution in [3.8, 4) is 11.3 Å². The first-order valence-electron chi connectivity index (χ1n) is 6.89. The quantitative estimate of drug-likeness (QED) is 0.746. The van der Waals surface area contributed by atoms with E-state index in [4.69, 9.17) is 0 Å². The van der Waals surface area contributed by atoms with Crippen LogP contribution in [0.3, 0.4) is 0 Å². The van der Waals surface area contributed by atoms with Crippen molar-refractivity contribution in [1.29, 1.82) is 0 Å². The van der Waals surface area contributed by atoms with Gasteiger partial charge in [-0.05, 0) is 42.0 Å². The fourth-order valence-electron chi connectivity index (χ4n) is 2.19. The van der Waals surface area contributed by atoms with Gasteiger partial charge in [0.25, 0.3) is 5.91 Å². The first-order chi connectivity index (χ1) is 11.0. The van der Waals surface area contributed by atoms with E-state index >= 15 is 0 Å². The molecule has 0 aliphatic heterocycles. The van der Waals surface area contributed by atoms with Crippen LogP contribution in [0.4, 0.5) is 10.3 Å². The van der Waals surface area contributed by atoms with E-state index in [-0.39, 0.29) is 11.7 Å². The Morgan fingerprint density at radius 1 is 1.13 bits per heavy atom. The molecule has 1 amide bonds. The van der Waals surface area contributed by atoms with Gasteiger partial charge in [-0.15, -0.1) is 0 Å². The number of imidazole rings is 1. The van der Waals surface area contributed by atoms with E-state index in [0.717, 1.165) is 15.7 Å². The van der Waals surface area contributed by atoms with Crippen LogP contribution >= 0.6 is 15.9 Å². The van der Waals surface area contributed by atoms with Crippen LogP contribution in [0.5, 0.6) is 0 Å². The predicted octanol–water partition coefficient (Wildman–Crippen LogP) is 4.24. The van der Waals surface area contributed by atoms with Crippen molar-refractivity contribution in [3.05, 3.63) is 70.6 Å². The van der Waals surface area contributed by atoms with E-state index in [0.29, 0.717) is 11.5 Å². The Morgan fingerprint density at radius 2 is 1.78 bits per heavy atom. The Hall–Kier alpha value is -2.47.